The molecule has 7 aromatic rings. The molecule has 0 aliphatic heterocycles. The van der Waals surface area contributed by atoms with Crippen LogP contribution in [0.5, 0.6) is 0 Å². The highest BCUT2D eigenvalue weighted by Crippen LogP contribution is 2.40. The molecule has 0 aliphatic rings. The minimum Gasteiger partial charge on any atom is -0.252 e. The highest BCUT2D eigenvalue weighted by atomic mass is 14.7. The average Bonchev–Trinajstić information content (AvgIpc) is 2.85. The third-order valence-electron chi connectivity index (χ3n) is 7.29. The molecule has 0 amide bonds. The number of aromatic nitrogens is 2. The smallest absolute Gasteiger partial charge is 0.0796 e. The van der Waals surface area contributed by atoms with Gasteiger partial charge in [-0.3, -0.25) is 4.98 Å². The molecule has 7 rings (SSSR count). The van der Waals surface area contributed by atoms with Crippen molar-refractivity contribution >= 4 is 65.0 Å². The van der Waals surface area contributed by atoms with Crippen LogP contribution < -0.4 is 0 Å². The molecule has 0 atom stereocenters. The Morgan fingerprint density at radius 2 is 1.03 bits per heavy atom. The summed E-state index contributed by atoms with van der Waals surface area (Å²) in [6.45, 7) is 6.54. The molecule has 33 heavy (non-hydrogen) atoms. The molecule has 2 aromatic heterocycles. The van der Waals surface area contributed by atoms with Gasteiger partial charge in [-0.25, -0.2) is 4.98 Å². The number of nitrogens with zero attached hydrogens (tertiary/aromatic N) is 2. The summed E-state index contributed by atoms with van der Waals surface area (Å²) in [5.74, 6) is 0. The summed E-state index contributed by atoms with van der Waals surface area (Å²) >= 11 is 0. The van der Waals surface area contributed by atoms with Gasteiger partial charge in [-0.05, 0) is 71.6 Å². The van der Waals surface area contributed by atoms with Gasteiger partial charge in [0.25, 0.3) is 0 Å². The lowest BCUT2D eigenvalue weighted by molar-refractivity contribution is 1.27. The zero-order valence-electron chi connectivity index (χ0n) is 18.9. The summed E-state index contributed by atoms with van der Waals surface area (Å²) in [6.07, 6.45) is 0. The van der Waals surface area contributed by atoms with Gasteiger partial charge in [0.05, 0.1) is 16.6 Å². The monoisotopic (exact) mass is 422 g/mol. The molecular formula is C31H22N2. The van der Waals surface area contributed by atoms with Crippen LogP contribution >= 0.6 is 0 Å². The molecule has 0 aliphatic carbocycles. The van der Waals surface area contributed by atoms with Crippen molar-refractivity contribution in [2.75, 3.05) is 0 Å². The molecule has 0 spiro atoms. The first kappa shape index (κ1) is 18.5. The molecule has 0 radical (unpaired) electrons. The van der Waals surface area contributed by atoms with Crippen molar-refractivity contribution in [1.29, 1.82) is 0 Å². The molecule has 2 heterocycles. The fourth-order valence-electron chi connectivity index (χ4n) is 5.63. The predicted octanol–water partition coefficient (Wildman–Crippen LogP) is 8.32. The van der Waals surface area contributed by atoms with Gasteiger partial charge in [0.1, 0.15) is 0 Å². The van der Waals surface area contributed by atoms with Crippen molar-refractivity contribution in [2.45, 2.75) is 20.8 Å². The molecular weight excluding hydrogens is 400 g/mol. The van der Waals surface area contributed by atoms with E-state index in [0.29, 0.717) is 0 Å². The van der Waals surface area contributed by atoms with Crippen molar-refractivity contribution in [3.05, 3.63) is 95.7 Å². The van der Waals surface area contributed by atoms with E-state index in [2.05, 4.69) is 99.6 Å². The highest BCUT2D eigenvalue weighted by molar-refractivity contribution is 6.27. The van der Waals surface area contributed by atoms with Crippen molar-refractivity contribution in [3.8, 4) is 0 Å². The van der Waals surface area contributed by atoms with Gasteiger partial charge in [-0.1, -0.05) is 60.7 Å². The second kappa shape index (κ2) is 6.49. The van der Waals surface area contributed by atoms with Gasteiger partial charge in [-0.15, -0.1) is 0 Å². The summed E-state index contributed by atoms with van der Waals surface area (Å²) in [5.41, 5.74) is 6.70. The van der Waals surface area contributed by atoms with Crippen LogP contribution in [0.3, 0.4) is 0 Å². The van der Waals surface area contributed by atoms with Gasteiger partial charge in [0.15, 0.2) is 0 Å². The van der Waals surface area contributed by atoms with E-state index in [1.165, 1.54) is 59.6 Å². The van der Waals surface area contributed by atoms with E-state index in [-0.39, 0.29) is 0 Å². The quantitative estimate of drug-likeness (QED) is 0.181. The molecule has 0 unspecified atom stereocenters. The predicted molar refractivity (Wildman–Crippen MR) is 141 cm³/mol. The molecule has 5 aromatic carbocycles. The minimum atomic E-state index is 1.00. The molecule has 2 nitrogen and oxygen atoms in total. The largest absolute Gasteiger partial charge is 0.252 e. The van der Waals surface area contributed by atoms with E-state index in [4.69, 9.17) is 9.97 Å². The van der Waals surface area contributed by atoms with Crippen molar-refractivity contribution < 1.29 is 0 Å². The maximum atomic E-state index is 5.25. The molecule has 0 saturated heterocycles. The number of rotatable bonds is 0. The summed E-state index contributed by atoms with van der Waals surface area (Å²) in [4.78, 5) is 10.4. The van der Waals surface area contributed by atoms with Crippen molar-refractivity contribution in [1.82, 2.24) is 9.97 Å². The Hall–Kier alpha value is -4.04. The van der Waals surface area contributed by atoms with E-state index in [0.717, 1.165) is 22.2 Å². The third-order valence-corrected chi connectivity index (χ3v) is 7.29. The minimum absolute atomic E-state index is 1.00. The first-order valence-corrected chi connectivity index (χ1v) is 11.4. The number of aryl methyl sites for hydroxylation is 3. The highest BCUT2D eigenvalue weighted by Gasteiger charge is 2.16. The van der Waals surface area contributed by atoms with Crippen LogP contribution in [0.4, 0.5) is 0 Å². The number of hydrogen-bond donors (Lipinski definition) is 0. The number of pyridine rings is 1. The zero-order chi connectivity index (χ0) is 22.3. The summed E-state index contributed by atoms with van der Waals surface area (Å²) in [7, 11) is 0. The van der Waals surface area contributed by atoms with E-state index in [9.17, 15) is 0 Å². The molecule has 2 heteroatoms. The molecule has 0 saturated carbocycles. The van der Waals surface area contributed by atoms with Crippen LogP contribution in [0, 0.1) is 20.8 Å². The van der Waals surface area contributed by atoms with Gasteiger partial charge < -0.3 is 0 Å². The lowest BCUT2D eigenvalue weighted by Crippen LogP contribution is -1.93. The first-order chi connectivity index (χ1) is 16.1. The van der Waals surface area contributed by atoms with E-state index >= 15 is 0 Å². The van der Waals surface area contributed by atoms with Gasteiger partial charge >= 0.3 is 0 Å². The number of fused-ring (bicyclic) bond motifs is 4. The van der Waals surface area contributed by atoms with E-state index < -0.39 is 0 Å². The molecule has 0 fully saturated rings. The fourth-order valence-corrected chi connectivity index (χ4v) is 5.63. The van der Waals surface area contributed by atoms with Crippen molar-refractivity contribution in [2.24, 2.45) is 0 Å². The van der Waals surface area contributed by atoms with Crippen LogP contribution in [0.15, 0.2) is 78.9 Å². The Labute approximate surface area is 191 Å². The first-order valence-electron chi connectivity index (χ1n) is 11.4. The second-order valence-corrected chi connectivity index (χ2v) is 9.13. The summed E-state index contributed by atoms with van der Waals surface area (Å²) in [5, 5.41) is 11.0. The van der Waals surface area contributed by atoms with E-state index in [1.54, 1.807) is 0 Å². The lowest BCUT2D eigenvalue weighted by atomic mass is 9.91. The topological polar surface area (TPSA) is 25.8 Å². The Morgan fingerprint density at radius 1 is 0.455 bits per heavy atom. The van der Waals surface area contributed by atoms with Crippen molar-refractivity contribution in [3.63, 3.8) is 0 Å². The second-order valence-electron chi connectivity index (χ2n) is 9.13. The molecule has 0 N–H and O–H groups in total. The Bertz CT molecular complexity index is 1950. The Balaban J connectivity index is 1.88. The summed E-state index contributed by atoms with van der Waals surface area (Å²) < 4.78 is 0. The zero-order valence-corrected chi connectivity index (χ0v) is 18.9. The van der Waals surface area contributed by atoms with Gasteiger partial charge in [0.2, 0.25) is 0 Å². The fraction of sp³-hybridized carbons (Fsp3) is 0.0968. The number of hydrogen-bond acceptors (Lipinski definition) is 2. The maximum Gasteiger partial charge on any atom is 0.0796 e. The molecule has 2 bridgehead atoms. The maximum absolute atomic E-state index is 5.25. The van der Waals surface area contributed by atoms with Gasteiger partial charge in [-0.2, -0.15) is 0 Å². The summed E-state index contributed by atoms with van der Waals surface area (Å²) in [6, 6.07) is 28.4. The average molecular weight is 423 g/mol. The Morgan fingerprint density at radius 3 is 1.76 bits per heavy atom. The normalized spacial score (nSPS) is 12.1. The standard InChI is InChI=1S/C31H22N2/c1-17-12-13-22-18(2)20-8-4-6-10-24(20)30-26(22)16-27-28(33-30)15-14-23-19(3)21-9-5-7-11-25(21)31(32-17)29(23)27/h4-16H,1-3H3. The van der Waals surface area contributed by atoms with Crippen LogP contribution in [0.1, 0.15) is 16.8 Å². The SMILES string of the molecule is Cc1ccc2c(C)c3ccccc3c3nc4ccc5c(C)c6ccccc6c(n1)c5c4cc23. The van der Waals surface area contributed by atoms with Crippen LogP contribution in [0.2, 0.25) is 0 Å². The van der Waals surface area contributed by atoms with E-state index in [1.807, 2.05) is 0 Å². The number of benzene rings is 5. The molecule has 156 valence electrons. The van der Waals surface area contributed by atoms with Crippen LogP contribution in [-0.4, -0.2) is 9.97 Å². The van der Waals surface area contributed by atoms with Gasteiger partial charge in [0, 0.05) is 32.6 Å². The van der Waals surface area contributed by atoms with Crippen LogP contribution in [0.25, 0.3) is 65.0 Å². The Kier molecular flexibility index (Phi) is 3.64. The third kappa shape index (κ3) is 2.44. The lowest BCUT2D eigenvalue weighted by Gasteiger charge is -2.15. The van der Waals surface area contributed by atoms with Crippen LogP contribution in [-0.2, 0) is 0 Å².